The molecule has 1 aliphatic rings. The predicted molar refractivity (Wildman–Crippen MR) is 81.5 cm³/mol. The number of hydrogen-bond donors (Lipinski definition) is 1. The first-order valence-corrected chi connectivity index (χ1v) is 7.22. The fourth-order valence-electron chi connectivity index (χ4n) is 2.79. The molecule has 0 aliphatic heterocycles. The van der Waals surface area contributed by atoms with E-state index in [-0.39, 0.29) is 5.82 Å². The van der Waals surface area contributed by atoms with Crippen molar-refractivity contribution in [3.05, 3.63) is 65.5 Å². The summed E-state index contributed by atoms with van der Waals surface area (Å²) in [6.07, 6.45) is 2.60. The van der Waals surface area contributed by atoms with Gasteiger partial charge in [0.2, 0.25) is 0 Å². The van der Waals surface area contributed by atoms with E-state index in [2.05, 4.69) is 11.4 Å². The Balaban J connectivity index is 1.52. The third kappa shape index (κ3) is 3.22. The molecule has 21 heavy (non-hydrogen) atoms. The van der Waals surface area contributed by atoms with Crippen molar-refractivity contribution < 1.29 is 4.39 Å². The molecule has 0 unspecified atom stereocenters. The molecule has 2 aromatic rings. The molecule has 1 saturated carbocycles. The standard InChI is InChI=1S/C18H17FN2/c19-16-5-3-14(4-6-16)15-11-18(12-15)21-17-7-1-13(2-8-17)9-10-20/h1-8,15,18,21H,9,11-12H2. The van der Waals surface area contributed by atoms with Gasteiger partial charge in [0.15, 0.2) is 0 Å². The van der Waals surface area contributed by atoms with Gasteiger partial charge in [-0.05, 0) is 54.2 Å². The Hall–Kier alpha value is -2.34. The van der Waals surface area contributed by atoms with Crippen molar-refractivity contribution in [2.45, 2.75) is 31.2 Å². The highest BCUT2D eigenvalue weighted by atomic mass is 19.1. The van der Waals surface area contributed by atoms with Crippen LogP contribution < -0.4 is 5.32 Å². The molecule has 0 heterocycles. The topological polar surface area (TPSA) is 35.8 Å². The van der Waals surface area contributed by atoms with E-state index in [0.717, 1.165) is 24.1 Å². The summed E-state index contributed by atoms with van der Waals surface area (Å²) in [5.74, 6) is 0.353. The van der Waals surface area contributed by atoms with Crippen LogP contribution in [0.2, 0.25) is 0 Å². The maximum Gasteiger partial charge on any atom is 0.123 e. The van der Waals surface area contributed by atoms with E-state index in [1.807, 2.05) is 36.4 Å². The van der Waals surface area contributed by atoms with Crippen molar-refractivity contribution in [3.8, 4) is 6.07 Å². The zero-order chi connectivity index (χ0) is 14.7. The highest BCUT2D eigenvalue weighted by Crippen LogP contribution is 2.38. The molecule has 0 radical (unpaired) electrons. The Morgan fingerprint density at radius 1 is 1.05 bits per heavy atom. The summed E-state index contributed by atoms with van der Waals surface area (Å²) in [5.41, 5.74) is 3.36. The van der Waals surface area contributed by atoms with Crippen molar-refractivity contribution in [3.63, 3.8) is 0 Å². The maximum atomic E-state index is 12.9. The van der Waals surface area contributed by atoms with Gasteiger partial charge < -0.3 is 5.32 Å². The minimum Gasteiger partial charge on any atom is -0.382 e. The van der Waals surface area contributed by atoms with Gasteiger partial charge in [0.25, 0.3) is 0 Å². The molecule has 0 amide bonds. The Morgan fingerprint density at radius 2 is 1.71 bits per heavy atom. The van der Waals surface area contributed by atoms with Gasteiger partial charge in [0.1, 0.15) is 5.82 Å². The zero-order valence-corrected chi connectivity index (χ0v) is 11.7. The fraction of sp³-hybridized carbons (Fsp3) is 0.278. The second kappa shape index (κ2) is 5.97. The number of nitrogens with one attached hydrogen (secondary N) is 1. The van der Waals surface area contributed by atoms with Crippen LogP contribution in [0.25, 0.3) is 0 Å². The molecule has 1 N–H and O–H groups in total. The first-order chi connectivity index (χ1) is 10.2. The average molecular weight is 280 g/mol. The van der Waals surface area contributed by atoms with Crippen LogP contribution in [0.15, 0.2) is 48.5 Å². The summed E-state index contributed by atoms with van der Waals surface area (Å²) >= 11 is 0. The molecule has 0 bridgehead atoms. The monoisotopic (exact) mass is 280 g/mol. The Bertz CT molecular complexity index is 634. The number of halogens is 1. The lowest BCUT2D eigenvalue weighted by Crippen LogP contribution is -2.33. The van der Waals surface area contributed by atoms with E-state index >= 15 is 0 Å². The van der Waals surface area contributed by atoms with Crippen LogP contribution in [0.3, 0.4) is 0 Å². The highest BCUT2D eigenvalue weighted by molar-refractivity contribution is 5.46. The Morgan fingerprint density at radius 3 is 2.33 bits per heavy atom. The van der Waals surface area contributed by atoms with Crippen LogP contribution >= 0.6 is 0 Å². The van der Waals surface area contributed by atoms with E-state index in [1.165, 1.54) is 17.7 Å². The van der Waals surface area contributed by atoms with Gasteiger partial charge in [-0.15, -0.1) is 0 Å². The first-order valence-electron chi connectivity index (χ1n) is 7.22. The van der Waals surface area contributed by atoms with Gasteiger partial charge in [-0.1, -0.05) is 24.3 Å². The normalized spacial score (nSPS) is 20.4. The number of anilines is 1. The number of hydrogen-bond acceptors (Lipinski definition) is 2. The Kier molecular flexibility index (Phi) is 3.87. The van der Waals surface area contributed by atoms with Gasteiger partial charge in [0.05, 0.1) is 12.5 Å². The maximum absolute atomic E-state index is 12.9. The molecule has 3 heteroatoms. The van der Waals surface area contributed by atoms with Crippen LogP contribution in [0.4, 0.5) is 10.1 Å². The van der Waals surface area contributed by atoms with E-state index in [0.29, 0.717) is 18.4 Å². The smallest absolute Gasteiger partial charge is 0.123 e. The molecule has 0 spiro atoms. The Labute approximate surface area is 124 Å². The highest BCUT2D eigenvalue weighted by Gasteiger charge is 2.30. The fourth-order valence-corrected chi connectivity index (χ4v) is 2.79. The summed E-state index contributed by atoms with van der Waals surface area (Å²) in [4.78, 5) is 0. The van der Waals surface area contributed by atoms with E-state index in [4.69, 9.17) is 5.26 Å². The van der Waals surface area contributed by atoms with Crippen LogP contribution in [-0.2, 0) is 6.42 Å². The molecular weight excluding hydrogens is 263 g/mol. The predicted octanol–water partition coefficient (Wildman–Crippen LogP) is 4.25. The van der Waals surface area contributed by atoms with Crippen molar-refractivity contribution in [1.82, 2.24) is 0 Å². The minimum atomic E-state index is -0.176. The van der Waals surface area contributed by atoms with Crippen LogP contribution in [-0.4, -0.2) is 6.04 Å². The minimum absolute atomic E-state index is 0.176. The molecule has 2 nitrogen and oxygen atoms in total. The summed E-state index contributed by atoms with van der Waals surface area (Å²) in [7, 11) is 0. The van der Waals surface area contributed by atoms with Gasteiger partial charge in [0, 0.05) is 11.7 Å². The zero-order valence-electron chi connectivity index (χ0n) is 11.7. The van der Waals surface area contributed by atoms with Crippen molar-refractivity contribution in [2.75, 3.05) is 5.32 Å². The number of rotatable bonds is 4. The largest absolute Gasteiger partial charge is 0.382 e. The van der Waals surface area contributed by atoms with Gasteiger partial charge in [-0.2, -0.15) is 5.26 Å². The van der Waals surface area contributed by atoms with Crippen molar-refractivity contribution >= 4 is 5.69 Å². The van der Waals surface area contributed by atoms with E-state index in [1.54, 1.807) is 0 Å². The molecule has 1 aliphatic carbocycles. The van der Waals surface area contributed by atoms with E-state index < -0.39 is 0 Å². The lowest BCUT2D eigenvalue weighted by molar-refractivity contribution is 0.374. The summed E-state index contributed by atoms with van der Waals surface area (Å²) in [6.45, 7) is 0. The lowest BCUT2D eigenvalue weighted by Gasteiger charge is -2.37. The average Bonchev–Trinajstić information content (AvgIpc) is 2.46. The SMILES string of the molecule is N#CCc1ccc(NC2CC(c3ccc(F)cc3)C2)cc1. The molecule has 0 aromatic heterocycles. The molecule has 1 fully saturated rings. The molecular formula is C18H17FN2. The van der Waals surface area contributed by atoms with Gasteiger partial charge in [-0.25, -0.2) is 4.39 Å². The number of benzene rings is 2. The van der Waals surface area contributed by atoms with Crippen LogP contribution in [0, 0.1) is 17.1 Å². The third-order valence-electron chi connectivity index (χ3n) is 4.09. The number of nitriles is 1. The molecule has 3 rings (SSSR count). The van der Waals surface area contributed by atoms with Gasteiger partial charge in [-0.3, -0.25) is 0 Å². The van der Waals surface area contributed by atoms with Crippen LogP contribution in [0.1, 0.15) is 29.9 Å². The second-order valence-corrected chi connectivity index (χ2v) is 5.59. The molecule has 0 atom stereocenters. The second-order valence-electron chi connectivity index (χ2n) is 5.59. The van der Waals surface area contributed by atoms with Crippen molar-refractivity contribution in [2.24, 2.45) is 0 Å². The quantitative estimate of drug-likeness (QED) is 0.908. The number of nitrogens with zero attached hydrogens (tertiary/aromatic N) is 1. The summed E-state index contributed by atoms with van der Waals surface area (Å²) < 4.78 is 12.9. The van der Waals surface area contributed by atoms with E-state index in [9.17, 15) is 4.39 Å². The summed E-state index contributed by atoms with van der Waals surface area (Å²) in [6, 6.07) is 17.5. The summed E-state index contributed by atoms with van der Waals surface area (Å²) in [5, 5.41) is 12.1. The third-order valence-corrected chi connectivity index (χ3v) is 4.09. The first kappa shape index (κ1) is 13.6. The molecule has 106 valence electrons. The molecule has 2 aromatic carbocycles. The molecule has 0 saturated heterocycles. The lowest BCUT2D eigenvalue weighted by atomic mass is 9.76. The van der Waals surface area contributed by atoms with Gasteiger partial charge >= 0.3 is 0 Å². The van der Waals surface area contributed by atoms with Crippen LogP contribution in [0.5, 0.6) is 0 Å². The van der Waals surface area contributed by atoms with Crippen molar-refractivity contribution in [1.29, 1.82) is 5.26 Å².